The number of ether oxygens (including phenoxy) is 2. The highest BCUT2D eigenvalue weighted by Crippen LogP contribution is 2.55. The Morgan fingerprint density at radius 3 is 2.48 bits per heavy atom. The van der Waals surface area contributed by atoms with Gasteiger partial charge < -0.3 is 20.1 Å². The number of carbonyl (C=O) groups excluding carboxylic acids is 2. The second-order valence-corrected chi connectivity index (χ2v) is 8.81. The molecule has 0 saturated carbocycles. The van der Waals surface area contributed by atoms with E-state index < -0.39 is 22.5 Å². The predicted octanol–water partition coefficient (Wildman–Crippen LogP) is 2.57. The zero-order chi connectivity index (χ0) is 18.6. The van der Waals surface area contributed by atoms with Gasteiger partial charge in [-0.3, -0.25) is 0 Å². The van der Waals surface area contributed by atoms with E-state index in [4.69, 9.17) is 15.2 Å². The minimum atomic E-state index is -1.28. The van der Waals surface area contributed by atoms with Crippen molar-refractivity contribution in [3.63, 3.8) is 0 Å². The van der Waals surface area contributed by atoms with Crippen LogP contribution in [0.4, 0.5) is 4.79 Å². The summed E-state index contributed by atoms with van der Waals surface area (Å²) in [6.45, 7) is 6.20. The highest BCUT2D eigenvalue weighted by atomic mass is 79.9. The van der Waals surface area contributed by atoms with E-state index in [1.807, 2.05) is 39.0 Å². The quantitative estimate of drug-likeness (QED) is 0.719. The second kappa shape index (κ2) is 5.71. The Balaban J connectivity index is 1.91. The molecule has 0 radical (unpaired) electrons. The van der Waals surface area contributed by atoms with E-state index in [1.165, 1.54) is 7.11 Å². The number of likely N-dealkylation sites (tertiary alicyclic amines) is 1. The first kappa shape index (κ1) is 18.2. The first-order valence-electron chi connectivity index (χ1n) is 8.16. The van der Waals surface area contributed by atoms with Crippen LogP contribution in [0.3, 0.4) is 0 Å². The Morgan fingerprint density at radius 2 is 1.92 bits per heavy atom. The summed E-state index contributed by atoms with van der Waals surface area (Å²) in [4.78, 5) is 26.5. The van der Waals surface area contributed by atoms with Crippen LogP contribution in [0.15, 0.2) is 22.7 Å². The van der Waals surface area contributed by atoms with Gasteiger partial charge in [-0.2, -0.15) is 0 Å². The van der Waals surface area contributed by atoms with Crippen molar-refractivity contribution < 1.29 is 19.1 Å². The van der Waals surface area contributed by atoms with Gasteiger partial charge in [0.1, 0.15) is 11.1 Å². The summed E-state index contributed by atoms with van der Waals surface area (Å²) in [5.41, 5.74) is 6.01. The summed E-state index contributed by atoms with van der Waals surface area (Å²) in [6, 6.07) is 5.77. The number of halogens is 1. The largest absolute Gasteiger partial charge is 0.467 e. The number of carbonyl (C=O) groups is 2. The van der Waals surface area contributed by atoms with E-state index in [2.05, 4.69) is 15.9 Å². The van der Waals surface area contributed by atoms with Gasteiger partial charge in [0.2, 0.25) is 0 Å². The van der Waals surface area contributed by atoms with E-state index in [1.54, 1.807) is 4.90 Å². The summed E-state index contributed by atoms with van der Waals surface area (Å²) in [5.74, 6) is -0.479. The van der Waals surface area contributed by atoms with Gasteiger partial charge in [0.05, 0.1) is 7.11 Å². The Bertz CT molecular complexity index is 737. The molecule has 6 nitrogen and oxygen atoms in total. The lowest BCUT2D eigenvalue weighted by molar-refractivity contribution is -0.160. The molecular formula is C18H23BrN2O4. The van der Waals surface area contributed by atoms with Crippen LogP contribution in [0, 0.1) is 5.41 Å². The van der Waals surface area contributed by atoms with Crippen molar-refractivity contribution >= 4 is 28.0 Å². The lowest BCUT2D eigenvalue weighted by Crippen LogP contribution is -2.71. The average Bonchev–Trinajstić information content (AvgIpc) is 2.73. The van der Waals surface area contributed by atoms with Crippen LogP contribution in [-0.4, -0.2) is 42.8 Å². The maximum absolute atomic E-state index is 12.6. The number of benzene rings is 1. The number of nitrogens with two attached hydrogens (primary N) is 1. The molecule has 25 heavy (non-hydrogen) atoms. The van der Waals surface area contributed by atoms with Gasteiger partial charge in [-0.25, -0.2) is 9.59 Å². The van der Waals surface area contributed by atoms with Crippen molar-refractivity contribution in [2.45, 2.75) is 38.3 Å². The minimum absolute atomic E-state index is 0.361. The number of hydrogen-bond donors (Lipinski definition) is 1. The SMILES string of the molecule is COC(=O)C1(N)c2cc(Br)ccc2CC12CN(C(=O)OC(C)(C)C)C2. The molecule has 1 aliphatic heterocycles. The third kappa shape index (κ3) is 2.73. The molecule has 136 valence electrons. The molecule has 1 unspecified atom stereocenters. The van der Waals surface area contributed by atoms with Gasteiger partial charge in [0.25, 0.3) is 0 Å². The molecule has 1 atom stereocenters. The van der Waals surface area contributed by atoms with Crippen molar-refractivity contribution in [3.05, 3.63) is 33.8 Å². The van der Waals surface area contributed by atoms with Crippen LogP contribution in [0.1, 0.15) is 31.9 Å². The molecule has 1 amide bonds. The maximum Gasteiger partial charge on any atom is 0.410 e. The molecule has 0 aromatic heterocycles. The number of esters is 1. The highest BCUT2D eigenvalue weighted by Gasteiger charge is 2.66. The summed E-state index contributed by atoms with van der Waals surface area (Å²) in [5, 5.41) is 0. The topological polar surface area (TPSA) is 81.9 Å². The van der Waals surface area contributed by atoms with E-state index in [0.717, 1.165) is 15.6 Å². The smallest absolute Gasteiger partial charge is 0.410 e. The summed E-state index contributed by atoms with van der Waals surface area (Å²) >= 11 is 3.44. The van der Waals surface area contributed by atoms with Crippen molar-refractivity contribution in [3.8, 4) is 0 Å². The molecule has 2 N–H and O–H groups in total. The molecule has 1 aromatic rings. The van der Waals surface area contributed by atoms with Gasteiger partial charge in [0, 0.05) is 23.0 Å². The van der Waals surface area contributed by atoms with E-state index in [0.29, 0.717) is 19.5 Å². The van der Waals surface area contributed by atoms with Crippen molar-refractivity contribution in [1.29, 1.82) is 0 Å². The van der Waals surface area contributed by atoms with Crippen molar-refractivity contribution in [1.82, 2.24) is 4.90 Å². The Kier molecular flexibility index (Phi) is 4.15. The second-order valence-electron chi connectivity index (χ2n) is 7.89. The summed E-state index contributed by atoms with van der Waals surface area (Å²) in [6.07, 6.45) is 0.239. The van der Waals surface area contributed by atoms with Gasteiger partial charge in [0.15, 0.2) is 0 Å². The molecule has 1 heterocycles. The number of fused-ring (bicyclic) bond motifs is 1. The lowest BCUT2D eigenvalue weighted by Gasteiger charge is -2.54. The molecule has 1 fully saturated rings. The van der Waals surface area contributed by atoms with Crippen LogP contribution in [0.2, 0.25) is 0 Å². The third-order valence-electron chi connectivity index (χ3n) is 5.01. The normalized spacial score (nSPS) is 23.8. The molecular weight excluding hydrogens is 388 g/mol. The average molecular weight is 411 g/mol. The van der Waals surface area contributed by atoms with Gasteiger partial charge >= 0.3 is 12.1 Å². The standard InChI is InChI=1S/C18H23BrN2O4/c1-16(2,3)25-15(23)21-9-17(10-21)8-11-5-6-12(19)7-13(11)18(17,20)14(22)24-4/h5-7H,8-10,20H2,1-4H3. The Morgan fingerprint density at radius 1 is 1.28 bits per heavy atom. The molecule has 0 bridgehead atoms. The molecule has 1 aromatic carbocycles. The predicted molar refractivity (Wildman–Crippen MR) is 96.0 cm³/mol. The van der Waals surface area contributed by atoms with E-state index in [9.17, 15) is 9.59 Å². The molecule has 1 spiro atoms. The fourth-order valence-corrected chi connectivity index (χ4v) is 4.21. The molecule has 1 aliphatic carbocycles. The first-order valence-corrected chi connectivity index (χ1v) is 8.96. The van der Waals surface area contributed by atoms with E-state index in [-0.39, 0.29) is 6.09 Å². The number of rotatable bonds is 1. The van der Waals surface area contributed by atoms with Crippen LogP contribution in [0.5, 0.6) is 0 Å². The van der Waals surface area contributed by atoms with Crippen LogP contribution < -0.4 is 5.73 Å². The molecule has 3 rings (SSSR count). The Hall–Kier alpha value is -1.60. The number of nitrogens with zero attached hydrogens (tertiary/aromatic N) is 1. The fraction of sp³-hybridized carbons (Fsp3) is 0.556. The zero-order valence-electron chi connectivity index (χ0n) is 14.9. The monoisotopic (exact) mass is 410 g/mol. The summed E-state index contributed by atoms with van der Waals surface area (Å²) < 4.78 is 11.3. The third-order valence-corrected chi connectivity index (χ3v) is 5.50. The maximum atomic E-state index is 12.6. The van der Waals surface area contributed by atoms with Crippen molar-refractivity contribution in [2.24, 2.45) is 11.1 Å². The molecule has 7 heteroatoms. The fourth-order valence-electron chi connectivity index (χ4n) is 3.85. The number of hydrogen-bond acceptors (Lipinski definition) is 5. The van der Waals surface area contributed by atoms with Gasteiger partial charge in [-0.1, -0.05) is 22.0 Å². The van der Waals surface area contributed by atoms with Crippen LogP contribution in [0.25, 0.3) is 0 Å². The van der Waals surface area contributed by atoms with Crippen LogP contribution in [-0.2, 0) is 26.2 Å². The van der Waals surface area contributed by atoms with Gasteiger partial charge in [-0.15, -0.1) is 0 Å². The number of methoxy groups -OCH3 is 1. The molecule has 1 saturated heterocycles. The Labute approximate surface area is 155 Å². The van der Waals surface area contributed by atoms with Crippen LogP contribution >= 0.6 is 15.9 Å². The van der Waals surface area contributed by atoms with Gasteiger partial charge in [-0.05, 0) is 50.5 Å². The molecule has 2 aliphatic rings. The first-order chi connectivity index (χ1) is 11.5. The number of amides is 1. The highest BCUT2D eigenvalue weighted by molar-refractivity contribution is 9.10. The van der Waals surface area contributed by atoms with E-state index >= 15 is 0 Å². The minimum Gasteiger partial charge on any atom is -0.467 e. The summed E-state index contributed by atoms with van der Waals surface area (Å²) in [7, 11) is 1.34. The zero-order valence-corrected chi connectivity index (χ0v) is 16.5. The lowest BCUT2D eigenvalue weighted by atomic mass is 9.65. The van der Waals surface area contributed by atoms with Crippen molar-refractivity contribution in [2.75, 3.05) is 20.2 Å².